The molecule has 1 aromatic rings. The van der Waals surface area contributed by atoms with Crippen LogP contribution in [0.1, 0.15) is 13.8 Å². The molecule has 112 valence electrons. The number of sulfonamides is 1. The van der Waals surface area contributed by atoms with Gasteiger partial charge in [-0.3, -0.25) is 4.90 Å². The van der Waals surface area contributed by atoms with E-state index < -0.39 is 15.8 Å². The van der Waals surface area contributed by atoms with Crippen molar-refractivity contribution in [2.24, 2.45) is 0 Å². The SMILES string of the molecule is CC(C)N1CCN(S(=O)(=O)c2ccc(F)cc2N)CC1. The van der Waals surface area contributed by atoms with Crippen molar-refractivity contribution in [3.05, 3.63) is 24.0 Å². The maximum absolute atomic E-state index is 13.0. The van der Waals surface area contributed by atoms with Gasteiger partial charge in [-0.15, -0.1) is 0 Å². The van der Waals surface area contributed by atoms with Gasteiger partial charge in [-0.05, 0) is 32.0 Å². The van der Waals surface area contributed by atoms with Crippen LogP contribution in [-0.2, 0) is 10.0 Å². The Morgan fingerprint density at radius 3 is 2.30 bits per heavy atom. The van der Waals surface area contributed by atoms with Crippen LogP contribution in [0.4, 0.5) is 10.1 Å². The van der Waals surface area contributed by atoms with Crippen LogP contribution in [0.2, 0.25) is 0 Å². The zero-order valence-electron chi connectivity index (χ0n) is 11.7. The van der Waals surface area contributed by atoms with Crippen molar-refractivity contribution in [2.45, 2.75) is 24.8 Å². The third-order valence-electron chi connectivity index (χ3n) is 3.59. The first-order valence-corrected chi connectivity index (χ1v) is 8.05. The van der Waals surface area contributed by atoms with Crippen molar-refractivity contribution in [3.8, 4) is 0 Å². The van der Waals surface area contributed by atoms with Gasteiger partial charge in [0, 0.05) is 32.2 Å². The minimum atomic E-state index is -3.64. The summed E-state index contributed by atoms with van der Waals surface area (Å²) in [4.78, 5) is 2.21. The summed E-state index contributed by atoms with van der Waals surface area (Å²) in [6.07, 6.45) is 0. The van der Waals surface area contributed by atoms with Crippen molar-refractivity contribution in [1.82, 2.24) is 9.21 Å². The molecule has 0 unspecified atom stereocenters. The maximum atomic E-state index is 13.0. The molecule has 2 rings (SSSR count). The molecule has 1 aliphatic rings. The molecule has 1 aromatic carbocycles. The molecule has 1 aliphatic heterocycles. The number of hydrogen-bond donors (Lipinski definition) is 1. The van der Waals surface area contributed by atoms with Gasteiger partial charge in [0.25, 0.3) is 0 Å². The van der Waals surface area contributed by atoms with E-state index in [1.807, 2.05) is 0 Å². The fourth-order valence-electron chi connectivity index (χ4n) is 2.35. The van der Waals surface area contributed by atoms with E-state index in [2.05, 4.69) is 18.7 Å². The van der Waals surface area contributed by atoms with Crippen LogP contribution < -0.4 is 5.73 Å². The Kier molecular flexibility index (Phi) is 4.31. The van der Waals surface area contributed by atoms with E-state index >= 15 is 0 Å². The second kappa shape index (κ2) is 5.67. The Morgan fingerprint density at radius 1 is 1.20 bits per heavy atom. The van der Waals surface area contributed by atoms with Gasteiger partial charge in [0.05, 0.1) is 5.69 Å². The zero-order valence-corrected chi connectivity index (χ0v) is 12.5. The van der Waals surface area contributed by atoms with E-state index in [4.69, 9.17) is 5.73 Å². The Bertz CT molecular complexity index is 581. The molecule has 1 fully saturated rings. The predicted molar refractivity (Wildman–Crippen MR) is 76.3 cm³/mol. The Labute approximate surface area is 119 Å². The summed E-state index contributed by atoms with van der Waals surface area (Å²) in [5.74, 6) is -0.536. The van der Waals surface area contributed by atoms with Gasteiger partial charge in [0.15, 0.2) is 0 Å². The highest BCUT2D eigenvalue weighted by molar-refractivity contribution is 7.89. The normalized spacial score (nSPS) is 18.6. The van der Waals surface area contributed by atoms with Crippen LogP contribution in [0.25, 0.3) is 0 Å². The Hall–Kier alpha value is -1.18. The molecule has 0 saturated carbocycles. The average molecular weight is 301 g/mol. The summed E-state index contributed by atoms with van der Waals surface area (Å²) in [5.41, 5.74) is 5.59. The summed E-state index contributed by atoms with van der Waals surface area (Å²) in [5, 5.41) is 0. The lowest BCUT2D eigenvalue weighted by molar-refractivity contribution is 0.154. The number of nitrogen functional groups attached to an aromatic ring is 1. The Balaban J connectivity index is 2.20. The first-order valence-electron chi connectivity index (χ1n) is 6.61. The second-order valence-electron chi connectivity index (χ2n) is 5.22. The first kappa shape index (κ1) is 15.2. The number of anilines is 1. The van der Waals surface area contributed by atoms with Crippen molar-refractivity contribution >= 4 is 15.7 Å². The van der Waals surface area contributed by atoms with Gasteiger partial charge < -0.3 is 5.73 Å². The van der Waals surface area contributed by atoms with Gasteiger partial charge >= 0.3 is 0 Å². The number of hydrogen-bond acceptors (Lipinski definition) is 4. The summed E-state index contributed by atoms with van der Waals surface area (Å²) < 4.78 is 39.4. The summed E-state index contributed by atoms with van der Waals surface area (Å²) in [7, 11) is -3.64. The fourth-order valence-corrected chi connectivity index (χ4v) is 3.87. The summed E-state index contributed by atoms with van der Waals surface area (Å²) in [6.45, 7) is 6.41. The van der Waals surface area contributed by atoms with E-state index in [0.717, 1.165) is 12.1 Å². The van der Waals surface area contributed by atoms with E-state index in [-0.39, 0.29) is 10.6 Å². The molecule has 0 aromatic heterocycles. The second-order valence-corrected chi connectivity index (χ2v) is 7.12. The number of nitrogens with zero attached hydrogens (tertiary/aromatic N) is 2. The van der Waals surface area contributed by atoms with Crippen molar-refractivity contribution in [3.63, 3.8) is 0 Å². The highest BCUT2D eigenvalue weighted by Gasteiger charge is 2.30. The molecule has 5 nitrogen and oxygen atoms in total. The molecule has 0 radical (unpaired) electrons. The minimum Gasteiger partial charge on any atom is -0.398 e. The van der Waals surface area contributed by atoms with Crippen molar-refractivity contribution < 1.29 is 12.8 Å². The van der Waals surface area contributed by atoms with Crippen LogP contribution in [0.15, 0.2) is 23.1 Å². The number of piperazine rings is 1. The topological polar surface area (TPSA) is 66.6 Å². The Morgan fingerprint density at radius 2 is 1.80 bits per heavy atom. The lowest BCUT2D eigenvalue weighted by atomic mass is 10.3. The first-order chi connectivity index (χ1) is 9.32. The van der Waals surface area contributed by atoms with Crippen molar-refractivity contribution in [2.75, 3.05) is 31.9 Å². The summed E-state index contributed by atoms with van der Waals surface area (Å²) >= 11 is 0. The largest absolute Gasteiger partial charge is 0.398 e. The van der Waals surface area contributed by atoms with Crippen LogP contribution in [-0.4, -0.2) is 49.8 Å². The van der Waals surface area contributed by atoms with Gasteiger partial charge in [-0.1, -0.05) is 0 Å². The van der Waals surface area contributed by atoms with E-state index in [1.54, 1.807) is 0 Å². The van der Waals surface area contributed by atoms with E-state index in [0.29, 0.717) is 32.2 Å². The quantitative estimate of drug-likeness (QED) is 0.850. The zero-order chi connectivity index (χ0) is 14.9. The third-order valence-corrected chi connectivity index (χ3v) is 5.57. The van der Waals surface area contributed by atoms with E-state index in [1.165, 1.54) is 10.4 Å². The monoisotopic (exact) mass is 301 g/mol. The highest BCUT2D eigenvalue weighted by Crippen LogP contribution is 2.24. The smallest absolute Gasteiger partial charge is 0.245 e. The van der Waals surface area contributed by atoms with Gasteiger partial charge in [0.1, 0.15) is 10.7 Å². The molecule has 0 amide bonds. The lowest BCUT2D eigenvalue weighted by Gasteiger charge is -2.36. The molecule has 0 spiro atoms. The maximum Gasteiger partial charge on any atom is 0.245 e. The molecule has 0 atom stereocenters. The van der Waals surface area contributed by atoms with Crippen LogP contribution in [0.3, 0.4) is 0 Å². The molecule has 1 saturated heterocycles. The average Bonchev–Trinajstić information content (AvgIpc) is 2.38. The minimum absolute atomic E-state index is 0.0168. The highest BCUT2D eigenvalue weighted by atomic mass is 32.2. The van der Waals surface area contributed by atoms with Gasteiger partial charge in [-0.25, -0.2) is 12.8 Å². The van der Waals surface area contributed by atoms with Crippen molar-refractivity contribution in [1.29, 1.82) is 0 Å². The number of halogens is 1. The van der Waals surface area contributed by atoms with Gasteiger partial charge in [0.2, 0.25) is 10.0 Å². The van der Waals surface area contributed by atoms with Crippen LogP contribution >= 0.6 is 0 Å². The fraction of sp³-hybridized carbons (Fsp3) is 0.538. The third kappa shape index (κ3) is 2.94. The lowest BCUT2D eigenvalue weighted by Crippen LogP contribution is -2.50. The van der Waals surface area contributed by atoms with Crippen LogP contribution in [0, 0.1) is 5.82 Å². The molecule has 2 N–H and O–H groups in total. The molecular weight excluding hydrogens is 281 g/mol. The molecule has 0 bridgehead atoms. The van der Waals surface area contributed by atoms with Gasteiger partial charge in [-0.2, -0.15) is 4.31 Å². The summed E-state index contributed by atoms with van der Waals surface area (Å²) in [6, 6.07) is 3.79. The standard InChI is InChI=1S/C13H20FN3O2S/c1-10(2)16-5-7-17(8-6-16)20(18,19)13-4-3-11(14)9-12(13)15/h3-4,9-10H,5-8,15H2,1-2H3. The number of rotatable bonds is 3. The molecule has 7 heteroatoms. The van der Waals surface area contributed by atoms with Crippen LogP contribution in [0.5, 0.6) is 0 Å². The molecule has 0 aliphatic carbocycles. The van der Waals surface area contributed by atoms with E-state index in [9.17, 15) is 12.8 Å². The predicted octanol–water partition coefficient (Wildman–Crippen LogP) is 1.12. The molecule has 20 heavy (non-hydrogen) atoms. The molecular formula is C13H20FN3O2S. The molecule has 1 heterocycles. The number of benzene rings is 1. The number of nitrogens with two attached hydrogens (primary N) is 1.